The van der Waals surface area contributed by atoms with Crippen LogP contribution in [0.2, 0.25) is 5.02 Å². The van der Waals surface area contributed by atoms with Crippen LogP contribution in [0.25, 0.3) is 0 Å². The minimum atomic E-state index is -1.11. The molecule has 3 aromatic carbocycles. The third kappa shape index (κ3) is 4.53. The number of nitro groups is 1. The van der Waals surface area contributed by atoms with Gasteiger partial charge in [-0.15, -0.1) is 0 Å². The molecule has 0 radical (unpaired) electrons. The average Bonchev–Trinajstić information content (AvgIpc) is 2.67. The monoisotopic (exact) mass is 419 g/mol. The third-order valence-corrected chi connectivity index (χ3v) is 5.28. The van der Waals surface area contributed by atoms with Crippen LogP contribution >= 0.6 is 23.4 Å². The highest BCUT2D eigenvalue weighted by Crippen LogP contribution is 2.36. The first kappa shape index (κ1) is 19.9. The Balaban J connectivity index is 1.88. The number of rotatable bonds is 6. The van der Waals surface area contributed by atoms with Gasteiger partial charge in [-0.25, -0.2) is 10.2 Å². The predicted molar refractivity (Wildman–Crippen MR) is 107 cm³/mol. The minimum absolute atomic E-state index is 0.102. The van der Waals surface area contributed by atoms with Gasteiger partial charge < -0.3 is 10.1 Å². The Morgan fingerprint density at radius 2 is 1.86 bits per heavy atom. The molecule has 0 atom stereocenters. The lowest BCUT2D eigenvalue weighted by Crippen LogP contribution is -2.30. The molecule has 0 saturated heterocycles. The van der Waals surface area contributed by atoms with E-state index in [1.165, 1.54) is 11.8 Å². The van der Waals surface area contributed by atoms with Crippen LogP contribution in [-0.2, 0) is 6.54 Å². The molecule has 3 aromatic rings. The van der Waals surface area contributed by atoms with Crippen LogP contribution in [0.3, 0.4) is 0 Å². The van der Waals surface area contributed by atoms with Gasteiger partial charge >= 0.3 is 0 Å². The smallest absolute Gasteiger partial charge is 0.274 e. The Kier molecular flexibility index (Phi) is 6.03. The van der Waals surface area contributed by atoms with Gasteiger partial charge in [0.05, 0.1) is 17.5 Å². The summed E-state index contributed by atoms with van der Waals surface area (Å²) in [5.41, 5.74) is 0.138. The van der Waals surface area contributed by atoms with Crippen LogP contribution in [0.4, 0.5) is 15.8 Å². The molecule has 3 N–H and O–H groups in total. The van der Waals surface area contributed by atoms with E-state index in [2.05, 4.69) is 0 Å². The highest BCUT2D eigenvalue weighted by Gasteiger charge is 2.20. The van der Waals surface area contributed by atoms with Crippen LogP contribution in [0.15, 0.2) is 70.5 Å². The summed E-state index contributed by atoms with van der Waals surface area (Å²) in [6, 6.07) is 16.4. The van der Waals surface area contributed by atoms with E-state index < -0.39 is 22.2 Å². The molecule has 0 fully saturated rings. The van der Waals surface area contributed by atoms with Gasteiger partial charge in [0.15, 0.2) is 11.6 Å². The maximum atomic E-state index is 13.8. The van der Waals surface area contributed by atoms with Crippen molar-refractivity contribution in [2.75, 3.05) is 5.01 Å². The molecule has 6 nitrogen and oxygen atoms in total. The molecule has 0 aliphatic heterocycles. The molecule has 0 saturated carbocycles. The first-order valence-corrected chi connectivity index (χ1v) is 9.25. The van der Waals surface area contributed by atoms with Gasteiger partial charge in [-0.2, -0.15) is 0 Å². The third-order valence-electron chi connectivity index (χ3n) is 3.90. The van der Waals surface area contributed by atoms with E-state index in [1.807, 2.05) is 36.4 Å². The molecule has 0 unspecified atom stereocenters. The number of hydrogen-bond acceptors (Lipinski definition) is 6. The number of phenolic OH excluding ortho intramolecular Hbond substituents is 1. The summed E-state index contributed by atoms with van der Waals surface area (Å²) in [5.74, 6) is 4.16. The number of aromatic hydroxyl groups is 1. The number of hydrazine groups is 1. The Morgan fingerprint density at radius 3 is 2.54 bits per heavy atom. The number of nitro benzene ring substituents is 1. The van der Waals surface area contributed by atoms with Gasteiger partial charge in [-0.3, -0.25) is 10.1 Å². The zero-order valence-corrected chi connectivity index (χ0v) is 16.0. The van der Waals surface area contributed by atoms with Crippen molar-refractivity contribution in [3.8, 4) is 5.75 Å². The number of benzene rings is 3. The van der Waals surface area contributed by atoms with Gasteiger partial charge in [0.2, 0.25) is 0 Å². The summed E-state index contributed by atoms with van der Waals surface area (Å²) in [4.78, 5) is 12.1. The van der Waals surface area contributed by atoms with Crippen molar-refractivity contribution in [1.82, 2.24) is 0 Å². The van der Waals surface area contributed by atoms with E-state index in [0.717, 1.165) is 26.4 Å². The van der Waals surface area contributed by atoms with Crippen molar-refractivity contribution in [3.63, 3.8) is 0 Å². The predicted octanol–water partition coefficient (Wildman–Crippen LogP) is 5.12. The minimum Gasteiger partial charge on any atom is -0.503 e. The number of anilines is 1. The van der Waals surface area contributed by atoms with Crippen LogP contribution in [0, 0.1) is 15.9 Å². The van der Waals surface area contributed by atoms with Gasteiger partial charge in [-0.05, 0) is 35.9 Å². The molecular weight excluding hydrogens is 405 g/mol. The molecule has 0 heterocycles. The normalized spacial score (nSPS) is 10.7. The lowest BCUT2D eigenvalue weighted by molar-refractivity contribution is -0.385. The molecule has 0 aliphatic carbocycles. The number of nitrogens with two attached hydrogens (primary N) is 1. The first-order chi connectivity index (χ1) is 13.3. The molecule has 28 heavy (non-hydrogen) atoms. The second-order valence-electron chi connectivity index (χ2n) is 5.84. The average molecular weight is 420 g/mol. The Labute approximate surface area is 169 Å². The van der Waals surface area contributed by atoms with Gasteiger partial charge in [0, 0.05) is 20.9 Å². The molecule has 0 aromatic heterocycles. The van der Waals surface area contributed by atoms with Gasteiger partial charge in [-0.1, -0.05) is 41.6 Å². The fourth-order valence-corrected chi connectivity index (χ4v) is 3.59. The zero-order chi connectivity index (χ0) is 20.3. The van der Waals surface area contributed by atoms with Crippen molar-refractivity contribution < 1.29 is 14.4 Å². The van der Waals surface area contributed by atoms with Crippen molar-refractivity contribution >= 4 is 34.7 Å². The summed E-state index contributed by atoms with van der Waals surface area (Å²) in [6.45, 7) is 0.102. The van der Waals surface area contributed by atoms with E-state index in [4.69, 9.17) is 17.4 Å². The highest BCUT2D eigenvalue weighted by atomic mass is 35.5. The molecule has 144 valence electrons. The summed E-state index contributed by atoms with van der Waals surface area (Å²) < 4.78 is 13.8. The molecule has 0 bridgehead atoms. The van der Waals surface area contributed by atoms with Crippen LogP contribution in [0.5, 0.6) is 5.75 Å². The van der Waals surface area contributed by atoms with Crippen LogP contribution in [0.1, 0.15) is 5.56 Å². The Hall–Kier alpha value is -2.81. The summed E-state index contributed by atoms with van der Waals surface area (Å²) in [5, 5.41) is 22.6. The van der Waals surface area contributed by atoms with Crippen molar-refractivity contribution in [2.45, 2.75) is 16.3 Å². The van der Waals surface area contributed by atoms with Crippen molar-refractivity contribution in [1.29, 1.82) is 0 Å². The maximum Gasteiger partial charge on any atom is 0.274 e. The second-order valence-corrected chi connectivity index (χ2v) is 7.40. The van der Waals surface area contributed by atoms with E-state index in [0.29, 0.717) is 11.1 Å². The molecular formula is C19H15ClFN3O3S. The fraction of sp³-hybridized carbons (Fsp3) is 0.0526. The van der Waals surface area contributed by atoms with Crippen molar-refractivity contribution in [3.05, 3.63) is 87.2 Å². The lowest BCUT2D eigenvalue weighted by Gasteiger charge is -2.21. The lowest BCUT2D eigenvalue weighted by atomic mass is 10.2. The summed E-state index contributed by atoms with van der Waals surface area (Å²) in [7, 11) is 0. The Bertz CT molecular complexity index is 1020. The zero-order valence-electron chi connectivity index (χ0n) is 14.4. The molecule has 0 aliphatic rings. The quantitative estimate of drug-likeness (QED) is 0.327. The SMILES string of the molecule is NN(Cc1ccccc1Sc1ccc(Cl)cc1)c1cc([N+](=O)[O-])cc(F)c1O. The number of nitrogens with zero attached hydrogens (tertiary/aromatic N) is 2. The number of phenols is 1. The standard InChI is InChI=1S/C19H15ClFN3O3S/c20-13-5-7-15(8-6-13)28-18-4-2-1-3-12(18)11-23(22)17-10-14(24(26)27)9-16(21)19(17)25/h1-10,25H,11,22H2. The topological polar surface area (TPSA) is 92.6 Å². The van der Waals surface area contributed by atoms with Gasteiger partial charge in [0.25, 0.3) is 5.69 Å². The van der Waals surface area contributed by atoms with Gasteiger partial charge in [0.1, 0.15) is 5.69 Å². The highest BCUT2D eigenvalue weighted by molar-refractivity contribution is 7.99. The number of halogens is 2. The van der Waals surface area contributed by atoms with Crippen LogP contribution in [-0.4, -0.2) is 10.0 Å². The van der Waals surface area contributed by atoms with E-state index in [1.54, 1.807) is 12.1 Å². The molecule has 3 rings (SSSR count). The first-order valence-electron chi connectivity index (χ1n) is 8.05. The fourth-order valence-electron chi connectivity index (χ4n) is 2.53. The summed E-state index contributed by atoms with van der Waals surface area (Å²) >= 11 is 7.40. The molecule has 0 spiro atoms. The van der Waals surface area contributed by atoms with E-state index in [-0.39, 0.29) is 12.2 Å². The van der Waals surface area contributed by atoms with E-state index in [9.17, 15) is 19.6 Å². The second kappa shape index (κ2) is 8.47. The Morgan fingerprint density at radius 1 is 1.18 bits per heavy atom. The van der Waals surface area contributed by atoms with E-state index >= 15 is 0 Å². The number of hydrogen-bond donors (Lipinski definition) is 2. The van der Waals surface area contributed by atoms with Crippen LogP contribution < -0.4 is 10.9 Å². The summed E-state index contributed by atoms with van der Waals surface area (Å²) in [6.07, 6.45) is 0. The number of non-ortho nitro benzene ring substituents is 1. The maximum absolute atomic E-state index is 13.8. The van der Waals surface area contributed by atoms with Crippen molar-refractivity contribution in [2.24, 2.45) is 5.84 Å². The molecule has 9 heteroatoms. The largest absolute Gasteiger partial charge is 0.503 e. The molecule has 0 amide bonds.